The van der Waals surface area contributed by atoms with Crippen LogP contribution in [0.1, 0.15) is 19.4 Å². The van der Waals surface area contributed by atoms with Gasteiger partial charge in [-0.2, -0.15) is 0 Å². The molecule has 2 nitrogen and oxygen atoms in total. The molecular formula is C11H16BrNO. The molecule has 14 heavy (non-hydrogen) atoms. The van der Waals surface area contributed by atoms with Gasteiger partial charge in [0.15, 0.2) is 0 Å². The number of ether oxygens (including phenoxy) is 1. The highest BCUT2D eigenvalue weighted by atomic mass is 79.9. The van der Waals surface area contributed by atoms with Gasteiger partial charge in [-0.05, 0) is 31.5 Å². The summed E-state index contributed by atoms with van der Waals surface area (Å²) in [6.45, 7) is 4.66. The van der Waals surface area contributed by atoms with E-state index in [-0.39, 0.29) is 5.54 Å². The third kappa shape index (κ3) is 3.31. The largest absolute Gasteiger partial charge is 0.493 e. The lowest BCUT2D eigenvalue weighted by molar-refractivity contribution is 0.344. The van der Waals surface area contributed by atoms with Gasteiger partial charge < -0.3 is 10.5 Å². The molecule has 0 atom stereocenters. The van der Waals surface area contributed by atoms with Gasteiger partial charge in [-0.1, -0.05) is 28.1 Å². The molecule has 0 spiro atoms. The fourth-order valence-corrected chi connectivity index (χ4v) is 1.30. The predicted molar refractivity (Wildman–Crippen MR) is 62.9 cm³/mol. The van der Waals surface area contributed by atoms with E-state index in [9.17, 15) is 0 Å². The SMILES string of the molecule is CC(C)(N)c1ccc(OCCBr)cc1. The fraction of sp³-hybridized carbons (Fsp3) is 0.455. The lowest BCUT2D eigenvalue weighted by atomic mass is 9.96. The minimum absolute atomic E-state index is 0.284. The van der Waals surface area contributed by atoms with E-state index in [1.165, 1.54) is 0 Å². The van der Waals surface area contributed by atoms with Crippen molar-refractivity contribution in [1.29, 1.82) is 0 Å². The van der Waals surface area contributed by atoms with Crippen LogP contribution in [0.2, 0.25) is 0 Å². The van der Waals surface area contributed by atoms with Crippen LogP contribution in [0.3, 0.4) is 0 Å². The molecule has 0 heterocycles. The molecule has 0 radical (unpaired) electrons. The van der Waals surface area contributed by atoms with Gasteiger partial charge in [-0.25, -0.2) is 0 Å². The summed E-state index contributed by atoms with van der Waals surface area (Å²) in [4.78, 5) is 0. The summed E-state index contributed by atoms with van der Waals surface area (Å²) < 4.78 is 5.44. The number of hydrogen-bond acceptors (Lipinski definition) is 2. The van der Waals surface area contributed by atoms with Crippen molar-refractivity contribution in [2.75, 3.05) is 11.9 Å². The Morgan fingerprint density at radius 3 is 2.29 bits per heavy atom. The van der Waals surface area contributed by atoms with Gasteiger partial charge >= 0.3 is 0 Å². The van der Waals surface area contributed by atoms with E-state index < -0.39 is 0 Å². The Kier molecular flexibility index (Phi) is 3.96. The van der Waals surface area contributed by atoms with E-state index in [1.807, 2.05) is 38.1 Å². The first-order valence-electron chi connectivity index (χ1n) is 4.62. The normalized spacial score (nSPS) is 11.4. The minimum Gasteiger partial charge on any atom is -0.493 e. The molecule has 0 amide bonds. The molecule has 1 rings (SSSR count). The Bertz CT molecular complexity index is 276. The van der Waals surface area contributed by atoms with Crippen molar-refractivity contribution in [3.63, 3.8) is 0 Å². The number of benzene rings is 1. The summed E-state index contributed by atoms with van der Waals surface area (Å²) >= 11 is 3.31. The maximum absolute atomic E-state index is 5.96. The molecule has 78 valence electrons. The van der Waals surface area contributed by atoms with E-state index in [4.69, 9.17) is 10.5 Å². The predicted octanol–water partition coefficient (Wildman–Crippen LogP) is 2.65. The van der Waals surface area contributed by atoms with Crippen molar-refractivity contribution in [3.8, 4) is 5.75 Å². The van der Waals surface area contributed by atoms with Crippen LogP contribution >= 0.6 is 15.9 Å². The van der Waals surface area contributed by atoms with Crippen molar-refractivity contribution < 1.29 is 4.74 Å². The smallest absolute Gasteiger partial charge is 0.119 e. The molecule has 0 aliphatic rings. The van der Waals surface area contributed by atoms with Gasteiger partial charge in [0.05, 0.1) is 6.61 Å². The maximum atomic E-state index is 5.96. The number of rotatable bonds is 4. The monoisotopic (exact) mass is 257 g/mol. The Hall–Kier alpha value is -0.540. The van der Waals surface area contributed by atoms with Crippen LogP contribution in [0.15, 0.2) is 24.3 Å². The average Bonchev–Trinajstić information content (AvgIpc) is 2.14. The van der Waals surface area contributed by atoms with Crippen LogP contribution in [0, 0.1) is 0 Å². The molecule has 0 aromatic heterocycles. The van der Waals surface area contributed by atoms with Gasteiger partial charge in [0.2, 0.25) is 0 Å². The fourth-order valence-electron chi connectivity index (χ4n) is 1.14. The molecule has 3 heteroatoms. The second kappa shape index (κ2) is 4.80. The highest BCUT2D eigenvalue weighted by Gasteiger charge is 2.13. The zero-order chi connectivity index (χ0) is 10.6. The van der Waals surface area contributed by atoms with Gasteiger partial charge in [-0.3, -0.25) is 0 Å². The summed E-state index contributed by atoms with van der Waals surface area (Å²) in [5.41, 5.74) is 6.79. The van der Waals surface area contributed by atoms with E-state index in [1.54, 1.807) is 0 Å². The first kappa shape index (κ1) is 11.5. The first-order chi connectivity index (χ1) is 6.54. The van der Waals surface area contributed by atoms with Crippen LogP contribution in [0.4, 0.5) is 0 Å². The molecular weight excluding hydrogens is 242 g/mol. The Morgan fingerprint density at radius 1 is 1.29 bits per heavy atom. The molecule has 0 aliphatic carbocycles. The molecule has 0 saturated heterocycles. The second-order valence-electron chi connectivity index (χ2n) is 3.78. The highest BCUT2D eigenvalue weighted by molar-refractivity contribution is 9.09. The van der Waals surface area contributed by atoms with Crippen molar-refractivity contribution in [3.05, 3.63) is 29.8 Å². The zero-order valence-corrected chi connectivity index (χ0v) is 10.2. The summed E-state index contributed by atoms with van der Waals surface area (Å²) in [5, 5.41) is 0.844. The van der Waals surface area contributed by atoms with Crippen LogP contribution in [0.5, 0.6) is 5.75 Å². The van der Waals surface area contributed by atoms with Crippen LogP contribution in [0.25, 0.3) is 0 Å². The molecule has 1 aromatic rings. The summed E-state index contributed by atoms with van der Waals surface area (Å²) in [7, 11) is 0. The third-order valence-electron chi connectivity index (χ3n) is 1.94. The van der Waals surface area contributed by atoms with Crippen LogP contribution < -0.4 is 10.5 Å². The summed E-state index contributed by atoms with van der Waals surface area (Å²) in [6, 6.07) is 7.91. The molecule has 0 unspecified atom stereocenters. The van der Waals surface area contributed by atoms with E-state index in [2.05, 4.69) is 15.9 Å². The lowest BCUT2D eigenvalue weighted by Crippen LogP contribution is -2.28. The Morgan fingerprint density at radius 2 is 1.86 bits per heavy atom. The molecule has 1 aromatic carbocycles. The quantitative estimate of drug-likeness (QED) is 0.842. The lowest BCUT2D eigenvalue weighted by Gasteiger charge is -2.19. The Labute approximate surface area is 93.6 Å². The van der Waals surface area contributed by atoms with Crippen LogP contribution in [-0.2, 0) is 5.54 Å². The molecule has 0 aliphatic heterocycles. The minimum atomic E-state index is -0.284. The topological polar surface area (TPSA) is 35.2 Å². The van der Waals surface area contributed by atoms with Crippen molar-refractivity contribution in [2.24, 2.45) is 5.73 Å². The van der Waals surface area contributed by atoms with Gasteiger partial charge in [0.25, 0.3) is 0 Å². The van der Waals surface area contributed by atoms with Gasteiger partial charge in [-0.15, -0.1) is 0 Å². The summed E-state index contributed by atoms with van der Waals surface area (Å²) in [6.07, 6.45) is 0. The standard InChI is InChI=1S/C11H16BrNO/c1-11(2,13)9-3-5-10(6-4-9)14-8-7-12/h3-6H,7-8,13H2,1-2H3. The average molecular weight is 258 g/mol. The first-order valence-corrected chi connectivity index (χ1v) is 5.74. The van der Waals surface area contributed by atoms with Gasteiger partial charge in [0.1, 0.15) is 5.75 Å². The second-order valence-corrected chi connectivity index (χ2v) is 4.58. The molecule has 0 fully saturated rings. The summed E-state index contributed by atoms with van der Waals surface area (Å²) in [5.74, 6) is 0.887. The third-order valence-corrected chi connectivity index (χ3v) is 2.27. The van der Waals surface area contributed by atoms with Crippen molar-refractivity contribution in [2.45, 2.75) is 19.4 Å². The zero-order valence-electron chi connectivity index (χ0n) is 8.59. The number of alkyl halides is 1. The van der Waals surface area contributed by atoms with Crippen LogP contribution in [-0.4, -0.2) is 11.9 Å². The molecule has 2 N–H and O–H groups in total. The maximum Gasteiger partial charge on any atom is 0.119 e. The van der Waals surface area contributed by atoms with E-state index in [0.29, 0.717) is 6.61 Å². The number of nitrogens with two attached hydrogens (primary N) is 1. The Balaban J connectivity index is 2.69. The van der Waals surface area contributed by atoms with Crippen molar-refractivity contribution >= 4 is 15.9 Å². The van der Waals surface area contributed by atoms with E-state index in [0.717, 1.165) is 16.6 Å². The van der Waals surface area contributed by atoms with E-state index >= 15 is 0 Å². The van der Waals surface area contributed by atoms with Crippen molar-refractivity contribution in [1.82, 2.24) is 0 Å². The van der Waals surface area contributed by atoms with Gasteiger partial charge in [0, 0.05) is 10.9 Å². The number of hydrogen-bond donors (Lipinski definition) is 1. The molecule has 0 saturated carbocycles. The highest BCUT2D eigenvalue weighted by Crippen LogP contribution is 2.20. The number of halogens is 1. The molecule has 0 bridgehead atoms.